The van der Waals surface area contributed by atoms with Gasteiger partial charge in [0.1, 0.15) is 17.5 Å². The highest BCUT2D eigenvalue weighted by atomic mass is 35.5. The van der Waals surface area contributed by atoms with Crippen molar-refractivity contribution in [2.45, 2.75) is 43.4 Å². The number of amidine groups is 2. The SMILES string of the molecule is CN1C2=CC=C(Sc3cccc(N4CCCC4)c3Cl)/C1=N/C=C/C(N1CCC3(CC1)Cc1ccccc1C3)=N\2. The van der Waals surface area contributed by atoms with Crippen molar-refractivity contribution in [1.29, 1.82) is 0 Å². The van der Waals surface area contributed by atoms with E-state index in [0.29, 0.717) is 5.41 Å². The van der Waals surface area contributed by atoms with E-state index in [2.05, 4.69) is 82.4 Å². The number of halogens is 1. The molecule has 0 unspecified atom stereocenters. The molecule has 39 heavy (non-hydrogen) atoms. The minimum absolute atomic E-state index is 0.417. The summed E-state index contributed by atoms with van der Waals surface area (Å²) in [5.41, 5.74) is 4.66. The summed E-state index contributed by atoms with van der Waals surface area (Å²) in [7, 11) is 2.06. The predicted molar refractivity (Wildman–Crippen MR) is 164 cm³/mol. The molecule has 2 bridgehead atoms. The van der Waals surface area contributed by atoms with E-state index >= 15 is 0 Å². The van der Waals surface area contributed by atoms with Crippen LogP contribution in [-0.2, 0) is 12.8 Å². The van der Waals surface area contributed by atoms with E-state index in [4.69, 9.17) is 21.6 Å². The molecule has 5 aliphatic rings. The second kappa shape index (κ2) is 10.2. The fourth-order valence-electron chi connectivity index (χ4n) is 6.69. The Kier molecular flexibility index (Phi) is 6.56. The Morgan fingerprint density at radius 3 is 2.36 bits per heavy atom. The summed E-state index contributed by atoms with van der Waals surface area (Å²) in [4.78, 5) is 19.1. The third-order valence-electron chi connectivity index (χ3n) is 8.92. The number of benzene rings is 2. The maximum Gasteiger partial charge on any atom is 0.147 e. The van der Waals surface area contributed by atoms with Crippen LogP contribution in [0.15, 0.2) is 92.5 Å². The average molecular weight is 556 g/mol. The minimum atomic E-state index is 0.417. The first-order chi connectivity index (χ1) is 19.1. The summed E-state index contributed by atoms with van der Waals surface area (Å²) in [6.07, 6.45) is 15.6. The fraction of sp³-hybridized carbons (Fsp3) is 0.375. The molecule has 4 aliphatic heterocycles. The van der Waals surface area contributed by atoms with Gasteiger partial charge in [-0.25, -0.2) is 9.98 Å². The number of likely N-dealkylation sites (N-methyl/N-ethyl adjacent to an activating group) is 1. The second-order valence-electron chi connectivity index (χ2n) is 11.3. The number of fused-ring (bicyclic) bond motifs is 3. The molecule has 0 N–H and O–H groups in total. The van der Waals surface area contributed by atoms with Crippen molar-refractivity contribution in [2.24, 2.45) is 15.4 Å². The Morgan fingerprint density at radius 1 is 0.872 bits per heavy atom. The molecule has 2 saturated heterocycles. The van der Waals surface area contributed by atoms with Crippen molar-refractivity contribution in [2.75, 3.05) is 38.1 Å². The van der Waals surface area contributed by atoms with Gasteiger partial charge in [-0.2, -0.15) is 0 Å². The van der Waals surface area contributed by atoms with E-state index in [1.54, 1.807) is 22.9 Å². The highest BCUT2D eigenvalue weighted by Gasteiger charge is 2.40. The van der Waals surface area contributed by atoms with Crippen molar-refractivity contribution >= 4 is 40.7 Å². The van der Waals surface area contributed by atoms with Gasteiger partial charge in [-0.3, -0.25) is 0 Å². The number of thioether (sulfide) groups is 1. The molecule has 0 radical (unpaired) electrons. The Morgan fingerprint density at radius 2 is 1.62 bits per heavy atom. The summed E-state index contributed by atoms with van der Waals surface area (Å²) in [6, 6.07) is 15.4. The summed E-state index contributed by atoms with van der Waals surface area (Å²) in [5.74, 6) is 2.83. The van der Waals surface area contributed by atoms with Crippen LogP contribution in [0.2, 0.25) is 5.02 Å². The molecule has 1 spiro atoms. The van der Waals surface area contributed by atoms with Crippen LogP contribution in [0.25, 0.3) is 0 Å². The average Bonchev–Trinajstić information content (AvgIpc) is 3.60. The first kappa shape index (κ1) is 25.0. The Hall–Kier alpha value is -2.96. The number of anilines is 1. The van der Waals surface area contributed by atoms with Gasteiger partial charge in [0.05, 0.1) is 15.6 Å². The quantitative estimate of drug-likeness (QED) is 0.412. The highest BCUT2D eigenvalue weighted by molar-refractivity contribution is 8.04. The second-order valence-corrected chi connectivity index (χ2v) is 12.8. The number of piperidine rings is 1. The van der Waals surface area contributed by atoms with E-state index < -0.39 is 0 Å². The molecule has 2 aromatic rings. The van der Waals surface area contributed by atoms with Crippen molar-refractivity contribution in [1.82, 2.24) is 9.80 Å². The Labute approximate surface area is 240 Å². The van der Waals surface area contributed by atoms with Crippen LogP contribution in [0.5, 0.6) is 0 Å². The zero-order valence-electron chi connectivity index (χ0n) is 22.4. The molecule has 0 atom stereocenters. The van der Waals surface area contributed by atoms with Crippen LogP contribution >= 0.6 is 23.4 Å². The first-order valence-electron chi connectivity index (χ1n) is 14.1. The molecule has 4 heterocycles. The van der Waals surface area contributed by atoms with Gasteiger partial charge in [-0.05, 0) is 85.4 Å². The number of rotatable bonds is 3. The highest BCUT2D eigenvalue weighted by Crippen LogP contribution is 2.45. The zero-order chi connectivity index (χ0) is 26.4. The van der Waals surface area contributed by atoms with Gasteiger partial charge >= 0.3 is 0 Å². The standard InChI is InChI=1S/C32H34ClN5S/c1-36-28-12-11-27(39-26-10-6-9-25(30(26)33)37-17-4-5-18-37)31(36)34-16-13-29(35-28)38-19-14-32(15-20-38)21-23-7-2-3-8-24(23)22-32/h2-3,6-13,16H,4-5,14-15,17-22H2,1H3/b16-13+,29-13?,34-16?,34-31-,35-28?,35-29+. The third-order valence-corrected chi connectivity index (χ3v) is 10.5. The molecular formula is C32H34ClN5S. The van der Waals surface area contributed by atoms with E-state index in [9.17, 15) is 0 Å². The van der Waals surface area contributed by atoms with Gasteiger partial charge in [0, 0.05) is 44.3 Å². The van der Waals surface area contributed by atoms with Crippen molar-refractivity contribution in [3.8, 4) is 0 Å². The van der Waals surface area contributed by atoms with Gasteiger partial charge in [-0.1, -0.05) is 53.7 Å². The van der Waals surface area contributed by atoms with E-state index in [0.717, 1.165) is 64.2 Å². The first-order valence-corrected chi connectivity index (χ1v) is 15.3. The summed E-state index contributed by atoms with van der Waals surface area (Å²) < 4.78 is 0. The molecule has 0 aromatic heterocycles. The smallest absolute Gasteiger partial charge is 0.147 e. The topological polar surface area (TPSA) is 34.4 Å². The number of nitrogens with zero attached hydrogens (tertiary/aromatic N) is 5. The molecule has 2 aromatic carbocycles. The lowest BCUT2D eigenvalue weighted by atomic mass is 9.76. The Balaban J connectivity index is 1.08. The van der Waals surface area contributed by atoms with Crippen molar-refractivity contribution < 1.29 is 0 Å². The van der Waals surface area contributed by atoms with Gasteiger partial charge in [-0.15, -0.1) is 0 Å². The molecule has 1 aliphatic carbocycles. The normalized spacial score (nSPS) is 25.2. The number of hydrogen-bond acceptors (Lipinski definition) is 6. The largest absolute Gasteiger partial charge is 0.370 e. The summed E-state index contributed by atoms with van der Waals surface area (Å²) >= 11 is 8.59. The number of hydrogen-bond donors (Lipinski definition) is 0. The molecule has 2 fully saturated rings. The van der Waals surface area contributed by atoms with Crippen LogP contribution < -0.4 is 4.90 Å². The van der Waals surface area contributed by atoms with Crippen LogP contribution in [0.4, 0.5) is 5.69 Å². The maximum absolute atomic E-state index is 6.91. The van der Waals surface area contributed by atoms with Crippen LogP contribution in [0, 0.1) is 5.41 Å². The van der Waals surface area contributed by atoms with Crippen molar-refractivity contribution in [3.05, 3.63) is 93.8 Å². The van der Waals surface area contributed by atoms with Gasteiger partial charge < -0.3 is 14.7 Å². The van der Waals surface area contributed by atoms with Gasteiger partial charge in [0.2, 0.25) is 0 Å². The predicted octanol–water partition coefficient (Wildman–Crippen LogP) is 6.91. The van der Waals surface area contributed by atoms with Gasteiger partial charge in [0.15, 0.2) is 0 Å². The number of likely N-dealkylation sites (tertiary alicyclic amines) is 1. The van der Waals surface area contributed by atoms with E-state index in [1.165, 1.54) is 38.5 Å². The van der Waals surface area contributed by atoms with Crippen LogP contribution in [-0.4, -0.2) is 54.7 Å². The minimum Gasteiger partial charge on any atom is -0.370 e. The molecule has 0 amide bonds. The third kappa shape index (κ3) is 4.72. The lowest BCUT2D eigenvalue weighted by molar-refractivity contribution is 0.158. The molecule has 0 saturated carbocycles. The molecule has 5 nitrogen and oxygen atoms in total. The van der Waals surface area contributed by atoms with E-state index in [1.807, 2.05) is 6.20 Å². The lowest BCUT2D eigenvalue weighted by Crippen LogP contribution is -2.43. The van der Waals surface area contributed by atoms with Gasteiger partial charge in [0.25, 0.3) is 0 Å². The fourth-order valence-corrected chi connectivity index (χ4v) is 8.05. The van der Waals surface area contributed by atoms with Crippen molar-refractivity contribution in [3.63, 3.8) is 0 Å². The van der Waals surface area contributed by atoms with Crippen LogP contribution in [0.1, 0.15) is 36.8 Å². The molecular weight excluding hydrogens is 522 g/mol. The molecule has 7 heteroatoms. The zero-order valence-corrected chi connectivity index (χ0v) is 24.0. The van der Waals surface area contributed by atoms with E-state index in [-0.39, 0.29) is 0 Å². The molecule has 7 rings (SSSR count). The monoisotopic (exact) mass is 555 g/mol. The number of aliphatic imine (C=N–C) groups is 2. The maximum atomic E-state index is 6.91. The summed E-state index contributed by atoms with van der Waals surface area (Å²) in [5, 5.41) is 0.832. The molecule has 200 valence electrons. The number of allylic oxidation sites excluding steroid dienone is 2. The lowest BCUT2D eigenvalue weighted by Gasteiger charge is -2.40. The van der Waals surface area contributed by atoms with Crippen LogP contribution in [0.3, 0.4) is 0 Å². The Bertz CT molecular complexity index is 1410. The summed E-state index contributed by atoms with van der Waals surface area (Å²) in [6.45, 7) is 4.23.